The highest BCUT2D eigenvalue weighted by Gasteiger charge is 2.44. The molecule has 0 bridgehead atoms. The first-order chi connectivity index (χ1) is 13.6. The Labute approximate surface area is 164 Å². The highest BCUT2D eigenvalue weighted by atomic mass is 16.5. The third-order valence-corrected chi connectivity index (χ3v) is 6.06. The molecule has 0 N–H and O–H groups in total. The molecule has 4 rings (SSSR count). The number of benzene rings is 2. The van der Waals surface area contributed by atoms with Crippen LogP contribution in [0.2, 0.25) is 0 Å². The lowest BCUT2D eigenvalue weighted by atomic mass is 9.77. The van der Waals surface area contributed by atoms with E-state index >= 15 is 0 Å². The van der Waals surface area contributed by atoms with E-state index in [-0.39, 0.29) is 11.9 Å². The molecule has 1 heterocycles. The molecule has 2 aromatic rings. The Morgan fingerprint density at radius 2 is 1.71 bits per heavy atom. The Bertz CT molecular complexity index is 870. The van der Waals surface area contributed by atoms with Gasteiger partial charge in [-0.25, -0.2) is 0 Å². The van der Waals surface area contributed by atoms with E-state index in [1.165, 1.54) is 0 Å². The topological polar surface area (TPSA) is 69.7 Å². The van der Waals surface area contributed by atoms with E-state index in [1.54, 1.807) is 31.4 Å². The molecule has 0 aromatic heterocycles. The Hall–Kier alpha value is -2.82. The van der Waals surface area contributed by atoms with Crippen molar-refractivity contribution in [2.24, 2.45) is 0 Å². The minimum atomic E-state index is -1.15. The number of amides is 1. The van der Waals surface area contributed by atoms with Gasteiger partial charge in [0.2, 0.25) is 0 Å². The van der Waals surface area contributed by atoms with Crippen molar-refractivity contribution in [2.45, 2.75) is 50.1 Å². The van der Waals surface area contributed by atoms with Crippen LogP contribution < -0.4 is 9.84 Å². The van der Waals surface area contributed by atoms with Gasteiger partial charge in [0.1, 0.15) is 5.75 Å². The van der Waals surface area contributed by atoms with Gasteiger partial charge in [0, 0.05) is 17.5 Å². The number of carbonyl (C=O) groups is 2. The predicted octanol–water partition coefficient (Wildman–Crippen LogP) is 3.06. The van der Waals surface area contributed by atoms with Gasteiger partial charge in [-0.15, -0.1) is 0 Å². The molecule has 1 aliphatic heterocycles. The molecule has 1 amide bonds. The maximum atomic E-state index is 13.5. The number of carboxylic acids is 1. The molecule has 1 aliphatic carbocycles. The van der Waals surface area contributed by atoms with Gasteiger partial charge in [0.15, 0.2) is 0 Å². The minimum absolute atomic E-state index is 0.0450. The van der Waals surface area contributed by atoms with Gasteiger partial charge in [0.05, 0.1) is 19.1 Å². The van der Waals surface area contributed by atoms with Crippen LogP contribution in [0.15, 0.2) is 48.5 Å². The number of ether oxygens (including phenoxy) is 1. The molecule has 0 saturated heterocycles. The molecule has 2 aliphatic rings. The summed E-state index contributed by atoms with van der Waals surface area (Å²) in [6.07, 6.45) is 5.08. The number of hydrogen-bond acceptors (Lipinski definition) is 4. The second-order valence-electron chi connectivity index (χ2n) is 7.61. The van der Waals surface area contributed by atoms with Gasteiger partial charge < -0.3 is 19.5 Å². The summed E-state index contributed by atoms with van der Waals surface area (Å²) in [6, 6.07) is 13.8. The minimum Gasteiger partial charge on any atom is -0.549 e. The summed E-state index contributed by atoms with van der Waals surface area (Å²) >= 11 is 0. The monoisotopic (exact) mass is 378 g/mol. The summed E-state index contributed by atoms with van der Waals surface area (Å²) < 4.78 is 5.24. The fourth-order valence-electron chi connectivity index (χ4n) is 4.72. The third-order valence-electron chi connectivity index (χ3n) is 6.06. The van der Waals surface area contributed by atoms with Crippen LogP contribution in [-0.4, -0.2) is 29.9 Å². The number of fused-ring (bicyclic) bond motifs is 1. The molecule has 0 spiro atoms. The molecule has 1 saturated carbocycles. The summed E-state index contributed by atoms with van der Waals surface area (Å²) in [7, 11) is 1.59. The van der Waals surface area contributed by atoms with Crippen LogP contribution in [0.4, 0.5) is 0 Å². The Balaban J connectivity index is 1.87. The van der Waals surface area contributed by atoms with Crippen LogP contribution in [0.5, 0.6) is 5.75 Å². The summed E-state index contributed by atoms with van der Waals surface area (Å²) in [5.41, 5.74) is 1.82. The second-order valence-corrected chi connectivity index (χ2v) is 7.61. The van der Waals surface area contributed by atoms with E-state index in [0.717, 1.165) is 37.7 Å². The average Bonchev–Trinajstić information content (AvgIpc) is 2.74. The van der Waals surface area contributed by atoms with E-state index in [0.29, 0.717) is 16.9 Å². The van der Waals surface area contributed by atoms with E-state index in [9.17, 15) is 14.7 Å². The number of aliphatic carboxylic acids is 1. The van der Waals surface area contributed by atoms with E-state index in [2.05, 4.69) is 0 Å². The lowest BCUT2D eigenvalue weighted by Gasteiger charge is -2.47. The van der Waals surface area contributed by atoms with Crippen molar-refractivity contribution >= 4 is 11.9 Å². The van der Waals surface area contributed by atoms with Crippen LogP contribution in [0.3, 0.4) is 0 Å². The van der Waals surface area contributed by atoms with Crippen molar-refractivity contribution < 1.29 is 19.4 Å². The van der Waals surface area contributed by atoms with Gasteiger partial charge in [-0.3, -0.25) is 4.79 Å². The quantitative estimate of drug-likeness (QED) is 0.820. The Morgan fingerprint density at radius 1 is 1.04 bits per heavy atom. The largest absolute Gasteiger partial charge is 0.549 e. The molecule has 5 heteroatoms. The van der Waals surface area contributed by atoms with Crippen LogP contribution in [0.25, 0.3) is 0 Å². The molecule has 1 fully saturated rings. The highest BCUT2D eigenvalue weighted by molar-refractivity contribution is 6.00. The van der Waals surface area contributed by atoms with E-state index < -0.39 is 17.9 Å². The standard InChI is InChI=1S/C23H25NO4/c1-28-17-13-11-15(12-14-17)21-20(23(26)27)18-9-5-6-10-19(18)22(25)24(21)16-7-3-2-4-8-16/h5-6,9-14,16,20-21H,2-4,7-8H2,1H3,(H,26,27)/p-1/t20-,21-/m1/s1. The van der Waals surface area contributed by atoms with Crippen molar-refractivity contribution in [1.82, 2.24) is 4.90 Å². The normalized spacial score (nSPS) is 22.6. The number of nitrogens with zero attached hydrogens (tertiary/aromatic N) is 1. The molecule has 0 radical (unpaired) electrons. The molecule has 2 atom stereocenters. The highest BCUT2D eigenvalue weighted by Crippen LogP contribution is 2.45. The Kier molecular flexibility index (Phi) is 5.07. The number of hydrogen-bond donors (Lipinski definition) is 0. The first-order valence-corrected chi connectivity index (χ1v) is 9.88. The van der Waals surface area contributed by atoms with Gasteiger partial charge in [0.25, 0.3) is 5.91 Å². The smallest absolute Gasteiger partial charge is 0.254 e. The van der Waals surface area contributed by atoms with Gasteiger partial charge in [-0.2, -0.15) is 0 Å². The first-order valence-electron chi connectivity index (χ1n) is 9.88. The number of methoxy groups -OCH3 is 1. The zero-order valence-corrected chi connectivity index (χ0v) is 16.0. The van der Waals surface area contributed by atoms with Crippen LogP contribution >= 0.6 is 0 Å². The second kappa shape index (κ2) is 7.66. The lowest BCUT2D eigenvalue weighted by Crippen LogP contribution is -2.52. The molecule has 5 nitrogen and oxygen atoms in total. The first kappa shape index (κ1) is 18.5. The molecule has 0 unspecified atom stereocenters. The van der Waals surface area contributed by atoms with Gasteiger partial charge >= 0.3 is 0 Å². The van der Waals surface area contributed by atoms with E-state index in [4.69, 9.17) is 4.74 Å². The number of carbonyl (C=O) groups excluding carboxylic acids is 2. The number of carboxylic acid groups (broad SMARTS) is 1. The van der Waals surface area contributed by atoms with Crippen molar-refractivity contribution in [3.63, 3.8) is 0 Å². The van der Waals surface area contributed by atoms with Crippen molar-refractivity contribution in [3.05, 3.63) is 65.2 Å². The molecule has 146 valence electrons. The van der Waals surface area contributed by atoms with Gasteiger partial charge in [-0.1, -0.05) is 49.6 Å². The van der Waals surface area contributed by atoms with Crippen LogP contribution in [0, 0.1) is 0 Å². The number of rotatable bonds is 4. The van der Waals surface area contributed by atoms with Crippen molar-refractivity contribution in [3.8, 4) is 5.75 Å². The predicted molar refractivity (Wildman–Crippen MR) is 103 cm³/mol. The fourth-order valence-corrected chi connectivity index (χ4v) is 4.72. The Morgan fingerprint density at radius 3 is 2.36 bits per heavy atom. The van der Waals surface area contributed by atoms with Crippen LogP contribution in [0.1, 0.15) is 65.5 Å². The molecular formula is C23H24NO4-. The van der Waals surface area contributed by atoms with Crippen molar-refractivity contribution in [2.75, 3.05) is 7.11 Å². The lowest BCUT2D eigenvalue weighted by molar-refractivity contribution is -0.309. The molecule has 28 heavy (non-hydrogen) atoms. The summed E-state index contributed by atoms with van der Waals surface area (Å²) in [5.74, 6) is -1.44. The zero-order chi connectivity index (χ0) is 19.7. The van der Waals surface area contributed by atoms with Crippen molar-refractivity contribution in [1.29, 1.82) is 0 Å². The maximum Gasteiger partial charge on any atom is 0.254 e. The maximum absolute atomic E-state index is 13.5. The summed E-state index contributed by atoms with van der Waals surface area (Å²) in [4.78, 5) is 27.6. The fraction of sp³-hybridized carbons (Fsp3) is 0.391. The third kappa shape index (κ3) is 3.15. The SMILES string of the molecule is COc1ccc([C@@H]2[C@H](C(=O)[O-])c3ccccc3C(=O)N2C2CCCCC2)cc1. The molecule has 2 aromatic carbocycles. The van der Waals surface area contributed by atoms with Gasteiger partial charge in [-0.05, 0) is 42.2 Å². The summed E-state index contributed by atoms with van der Waals surface area (Å²) in [5, 5.41) is 12.3. The zero-order valence-electron chi connectivity index (χ0n) is 16.0. The average molecular weight is 378 g/mol. The van der Waals surface area contributed by atoms with Crippen LogP contribution in [-0.2, 0) is 4.79 Å². The molecular weight excluding hydrogens is 354 g/mol. The van der Waals surface area contributed by atoms with E-state index in [1.807, 2.05) is 29.2 Å². The summed E-state index contributed by atoms with van der Waals surface area (Å²) in [6.45, 7) is 0.